The van der Waals surface area contributed by atoms with Crippen LogP contribution in [0.15, 0.2) is 150 Å². The Labute approximate surface area is 589 Å². The number of benzene rings is 3. The van der Waals surface area contributed by atoms with Crippen LogP contribution in [0.5, 0.6) is 5.75 Å². The SMILES string of the molecule is C=C(C)C(=O)OC(CC)CC(=O)OC1(c2ccc(F)cc2)CCCCC1.C=C(C)C(=O)OC(CC)CC(=O)OC1(c2ccc(O)cc2)CCCCC1.C=C(C)C(=O)OC(CC)CC(=O)OC1(c2ccccc2)CCOC1.C=C(C)C(=O)OC(CC)CC(=O)OC1(c2ccco2)CCCCC1. The van der Waals surface area contributed by atoms with Crippen molar-refractivity contribution in [3.05, 3.63) is 174 Å². The first-order valence-electron chi connectivity index (χ1n) is 35.2. The number of rotatable bonds is 28. The summed E-state index contributed by atoms with van der Waals surface area (Å²) in [5.41, 5.74) is 1.05. The van der Waals surface area contributed by atoms with Gasteiger partial charge < -0.3 is 52.2 Å². The first-order valence-corrected chi connectivity index (χ1v) is 35.2. The van der Waals surface area contributed by atoms with Crippen molar-refractivity contribution >= 4 is 47.8 Å². The van der Waals surface area contributed by atoms with Gasteiger partial charge in [0.25, 0.3) is 0 Å². The van der Waals surface area contributed by atoms with Gasteiger partial charge in [-0.2, -0.15) is 0 Å². The minimum Gasteiger partial charge on any atom is -0.508 e. The van der Waals surface area contributed by atoms with Crippen molar-refractivity contribution in [2.75, 3.05) is 13.2 Å². The Balaban J connectivity index is 0.000000241. The summed E-state index contributed by atoms with van der Waals surface area (Å²) in [6, 6.07) is 26.3. The molecule has 3 aliphatic carbocycles. The Bertz CT molecular complexity index is 3160. The number of carbonyl (C=O) groups excluding carboxylic acids is 8. The molecule has 0 spiro atoms. The maximum absolute atomic E-state index is 13.3. The number of ether oxygens (including phenoxy) is 9. The molecular weight excluding hydrogens is 1280 g/mol. The molecule has 1 saturated heterocycles. The summed E-state index contributed by atoms with van der Waals surface area (Å²) in [5, 5.41) is 9.54. The molecule has 1 aliphatic heterocycles. The van der Waals surface area contributed by atoms with Crippen LogP contribution in [0.1, 0.15) is 232 Å². The van der Waals surface area contributed by atoms with E-state index in [1.807, 2.05) is 82.3 Å². The lowest BCUT2D eigenvalue weighted by Gasteiger charge is -2.37. The maximum Gasteiger partial charge on any atom is 0.333 e. The number of aromatic hydroxyl groups is 1. The molecule has 4 fully saturated rings. The second-order valence-electron chi connectivity index (χ2n) is 26.4. The van der Waals surface area contributed by atoms with Gasteiger partial charge in [0.15, 0.2) is 11.2 Å². The number of phenols is 1. The standard InChI is InChI=1S/C21H27FO4.C21H28O5.C19H26O5.C19H24O5/c2*1-4-18(25-20(24)15(2)3)14-19(23)26-21(12-6-5-7-13-21)16-8-10-17(22)11-9-16;1-4-15(23-18(21)14(2)3)13-17(20)24-19(10-6-5-7-11-19)16-9-8-12-22-16;1-4-16(23-18(21)14(2)3)12-17(20)24-19(10-11-22-13-19)15-8-6-5-7-9-15/h8-11,18H,2,4-7,12-14H2,1,3H3;8-11,18,22H,2,4-7,12-14H2,1,3H3;8-9,12,15H,2,4-7,10-11,13H2,1,3H3;5-9,16H,2,4,10-13H2,1,3H3. The van der Waals surface area contributed by atoms with Crippen molar-refractivity contribution in [1.82, 2.24) is 0 Å². The molecule has 19 nitrogen and oxygen atoms in total. The Morgan fingerprint density at radius 1 is 0.420 bits per heavy atom. The molecule has 100 heavy (non-hydrogen) atoms. The van der Waals surface area contributed by atoms with E-state index < -0.39 is 82.6 Å². The first kappa shape index (κ1) is 82.0. The third-order valence-corrected chi connectivity index (χ3v) is 18.1. The van der Waals surface area contributed by atoms with Gasteiger partial charge in [0.1, 0.15) is 52.9 Å². The van der Waals surface area contributed by atoms with Gasteiger partial charge in [-0.1, -0.05) is 128 Å². The molecule has 4 aromatic rings. The van der Waals surface area contributed by atoms with E-state index in [-0.39, 0.29) is 49.2 Å². The molecule has 546 valence electrons. The van der Waals surface area contributed by atoms with Crippen LogP contribution in [-0.4, -0.2) is 90.5 Å². The maximum atomic E-state index is 13.3. The van der Waals surface area contributed by atoms with Gasteiger partial charge >= 0.3 is 47.8 Å². The van der Waals surface area contributed by atoms with Crippen molar-refractivity contribution in [2.45, 2.75) is 256 Å². The van der Waals surface area contributed by atoms with Crippen molar-refractivity contribution in [1.29, 1.82) is 0 Å². The zero-order chi connectivity index (χ0) is 73.5. The fourth-order valence-electron chi connectivity index (χ4n) is 12.2. The van der Waals surface area contributed by atoms with Crippen LogP contribution in [0.4, 0.5) is 4.39 Å². The summed E-state index contributed by atoms with van der Waals surface area (Å²) in [4.78, 5) is 96.7. The van der Waals surface area contributed by atoms with E-state index in [2.05, 4.69) is 26.3 Å². The van der Waals surface area contributed by atoms with E-state index in [4.69, 9.17) is 47.0 Å². The molecule has 3 saturated carbocycles. The fraction of sp³-hybridized carbons (Fsp3) is 0.525. The molecule has 1 N–H and O–H groups in total. The highest BCUT2D eigenvalue weighted by atomic mass is 19.1. The Hall–Kier alpha value is -8.65. The Morgan fingerprint density at radius 3 is 1.05 bits per heavy atom. The fourth-order valence-corrected chi connectivity index (χ4v) is 12.2. The number of hydrogen-bond donors (Lipinski definition) is 1. The van der Waals surface area contributed by atoms with E-state index >= 15 is 0 Å². The Kier molecular flexibility index (Phi) is 33.3. The van der Waals surface area contributed by atoms with Gasteiger partial charge in [-0.3, -0.25) is 19.2 Å². The number of hydrogen-bond acceptors (Lipinski definition) is 19. The summed E-state index contributed by atoms with van der Waals surface area (Å²) in [7, 11) is 0. The summed E-state index contributed by atoms with van der Waals surface area (Å²) in [5.74, 6) is -2.94. The molecule has 0 amide bonds. The van der Waals surface area contributed by atoms with Crippen molar-refractivity contribution in [3.63, 3.8) is 0 Å². The van der Waals surface area contributed by atoms with E-state index in [1.54, 1.807) is 58.2 Å². The van der Waals surface area contributed by atoms with E-state index in [1.165, 1.54) is 12.1 Å². The second kappa shape index (κ2) is 40.6. The molecule has 3 aromatic carbocycles. The highest BCUT2D eigenvalue weighted by Crippen LogP contribution is 2.44. The number of phenolic OH excluding ortho intramolecular Hbond substituents is 1. The van der Waals surface area contributed by atoms with Crippen LogP contribution in [0.3, 0.4) is 0 Å². The summed E-state index contributed by atoms with van der Waals surface area (Å²) in [6.07, 6.45) is 16.0. The van der Waals surface area contributed by atoms with Crippen LogP contribution in [0, 0.1) is 5.82 Å². The van der Waals surface area contributed by atoms with E-state index in [0.29, 0.717) is 86.2 Å². The smallest absolute Gasteiger partial charge is 0.333 e. The van der Waals surface area contributed by atoms with Crippen LogP contribution in [0.25, 0.3) is 0 Å². The lowest BCUT2D eigenvalue weighted by molar-refractivity contribution is -0.172. The molecule has 2 heterocycles. The molecule has 5 atom stereocenters. The van der Waals surface area contributed by atoms with E-state index in [0.717, 1.165) is 100 Å². The normalized spacial score (nSPS) is 18.2. The molecule has 5 unspecified atom stereocenters. The molecule has 0 bridgehead atoms. The quantitative estimate of drug-likeness (QED) is 0.0315. The van der Waals surface area contributed by atoms with E-state index in [9.17, 15) is 47.9 Å². The third-order valence-electron chi connectivity index (χ3n) is 18.1. The third kappa shape index (κ3) is 25.5. The van der Waals surface area contributed by atoms with Crippen molar-refractivity contribution in [2.24, 2.45) is 0 Å². The zero-order valence-electron chi connectivity index (χ0n) is 59.9. The summed E-state index contributed by atoms with van der Waals surface area (Å²) >= 11 is 0. The monoisotopic (exact) mass is 1390 g/mol. The molecule has 8 rings (SSSR count). The average molecular weight is 1390 g/mol. The highest BCUT2D eigenvalue weighted by molar-refractivity contribution is 5.89. The molecule has 1 aromatic heterocycles. The van der Waals surface area contributed by atoms with Crippen molar-refractivity contribution < 1.29 is 94.9 Å². The highest BCUT2D eigenvalue weighted by Gasteiger charge is 2.44. The molecule has 0 radical (unpaired) electrons. The average Bonchev–Trinajstić information content (AvgIpc) is 1.64. The second-order valence-corrected chi connectivity index (χ2v) is 26.4. The van der Waals surface area contributed by atoms with Gasteiger partial charge in [0.05, 0.1) is 45.2 Å². The predicted molar refractivity (Wildman–Crippen MR) is 374 cm³/mol. The van der Waals surface area contributed by atoms with Crippen LogP contribution < -0.4 is 0 Å². The van der Waals surface area contributed by atoms with Crippen LogP contribution in [-0.2, 0) is 103 Å². The minimum atomic E-state index is -0.755. The lowest BCUT2D eigenvalue weighted by Crippen LogP contribution is -2.36. The predicted octanol–water partition coefficient (Wildman–Crippen LogP) is 16.6. The van der Waals surface area contributed by atoms with Crippen molar-refractivity contribution in [3.8, 4) is 5.75 Å². The van der Waals surface area contributed by atoms with Crippen LogP contribution in [0.2, 0.25) is 0 Å². The number of esters is 8. The summed E-state index contributed by atoms with van der Waals surface area (Å²) in [6.45, 7) is 28.8. The largest absolute Gasteiger partial charge is 0.508 e. The topological polar surface area (TPSA) is 253 Å². The van der Waals surface area contributed by atoms with Gasteiger partial charge in [-0.25, -0.2) is 23.6 Å². The number of carbonyl (C=O) groups is 8. The number of halogens is 1. The van der Waals surface area contributed by atoms with Crippen LogP contribution >= 0.6 is 0 Å². The summed E-state index contributed by atoms with van der Waals surface area (Å²) < 4.78 is 68.9. The van der Waals surface area contributed by atoms with Gasteiger partial charge in [-0.15, -0.1) is 0 Å². The lowest BCUT2D eigenvalue weighted by atomic mass is 9.79. The molecular formula is C80H105FO19. The minimum absolute atomic E-state index is 0.00152. The zero-order valence-corrected chi connectivity index (χ0v) is 59.9. The van der Waals surface area contributed by atoms with Gasteiger partial charge in [0.2, 0.25) is 0 Å². The van der Waals surface area contributed by atoms with Gasteiger partial charge in [0, 0.05) is 28.7 Å². The number of furan rings is 1. The molecule has 20 heteroatoms. The Morgan fingerprint density at radius 2 is 0.740 bits per heavy atom. The molecule has 4 aliphatic rings. The van der Waals surface area contributed by atoms with Gasteiger partial charge in [-0.05, 0) is 184 Å². The first-order chi connectivity index (χ1) is 47.6.